The van der Waals surface area contributed by atoms with Gasteiger partial charge in [0, 0.05) is 18.9 Å². The van der Waals surface area contributed by atoms with Crippen LogP contribution in [-0.2, 0) is 9.53 Å². The fraction of sp³-hybridized carbons (Fsp3) is 0.750. The summed E-state index contributed by atoms with van der Waals surface area (Å²) in [6.45, 7) is 4.64. The SMILES string of the molecule is COC1C(=O)C[C@H]2[C@@H]3CC[C@@H]4C=C(O)C=C[C@]4(C)[C@H]3CC[C@]12C. The topological polar surface area (TPSA) is 46.5 Å². The van der Waals surface area contributed by atoms with E-state index in [9.17, 15) is 9.90 Å². The van der Waals surface area contributed by atoms with Gasteiger partial charge >= 0.3 is 0 Å². The van der Waals surface area contributed by atoms with Crippen molar-refractivity contribution in [2.45, 2.75) is 52.1 Å². The highest BCUT2D eigenvalue weighted by Gasteiger charge is 2.61. The second-order valence-corrected chi connectivity index (χ2v) is 8.68. The van der Waals surface area contributed by atoms with Gasteiger partial charge in [-0.2, -0.15) is 0 Å². The van der Waals surface area contributed by atoms with Gasteiger partial charge in [-0.3, -0.25) is 4.79 Å². The third kappa shape index (κ3) is 1.95. The van der Waals surface area contributed by atoms with Crippen LogP contribution in [0.5, 0.6) is 0 Å². The molecule has 1 unspecified atom stereocenters. The number of rotatable bonds is 1. The molecule has 0 bridgehead atoms. The molecule has 0 aliphatic heterocycles. The molecular formula is C20H28O3. The van der Waals surface area contributed by atoms with Crippen LogP contribution in [0.15, 0.2) is 24.0 Å². The number of hydrogen-bond acceptors (Lipinski definition) is 3. The molecule has 3 saturated carbocycles. The lowest BCUT2D eigenvalue weighted by molar-refractivity contribution is -0.132. The third-order valence-electron chi connectivity index (χ3n) is 7.82. The van der Waals surface area contributed by atoms with Crippen molar-refractivity contribution in [1.82, 2.24) is 0 Å². The Morgan fingerprint density at radius 2 is 2.00 bits per heavy atom. The van der Waals surface area contributed by atoms with Crippen molar-refractivity contribution in [3.63, 3.8) is 0 Å². The normalized spacial score (nSPS) is 51.7. The fourth-order valence-corrected chi connectivity index (χ4v) is 6.61. The summed E-state index contributed by atoms with van der Waals surface area (Å²) in [6, 6.07) is 0. The van der Waals surface area contributed by atoms with Crippen LogP contribution < -0.4 is 0 Å². The van der Waals surface area contributed by atoms with Gasteiger partial charge in [-0.15, -0.1) is 0 Å². The summed E-state index contributed by atoms with van der Waals surface area (Å²) < 4.78 is 5.62. The predicted octanol–water partition coefficient (Wildman–Crippen LogP) is 4.05. The summed E-state index contributed by atoms with van der Waals surface area (Å²) >= 11 is 0. The van der Waals surface area contributed by atoms with E-state index in [1.807, 2.05) is 6.08 Å². The zero-order chi connectivity index (χ0) is 16.4. The number of ketones is 1. The van der Waals surface area contributed by atoms with E-state index >= 15 is 0 Å². The number of aliphatic hydroxyl groups is 1. The molecule has 0 saturated heterocycles. The van der Waals surface area contributed by atoms with E-state index in [0.717, 1.165) is 19.3 Å². The quantitative estimate of drug-likeness (QED) is 0.794. The van der Waals surface area contributed by atoms with Crippen molar-refractivity contribution in [1.29, 1.82) is 0 Å². The first-order valence-electron chi connectivity index (χ1n) is 9.05. The van der Waals surface area contributed by atoms with Gasteiger partial charge in [0.05, 0.1) is 0 Å². The summed E-state index contributed by atoms with van der Waals surface area (Å²) in [7, 11) is 1.69. The molecule has 126 valence electrons. The van der Waals surface area contributed by atoms with Crippen molar-refractivity contribution in [3.8, 4) is 0 Å². The monoisotopic (exact) mass is 316 g/mol. The van der Waals surface area contributed by atoms with Gasteiger partial charge < -0.3 is 9.84 Å². The molecule has 0 amide bonds. The van der Waals surface area contributed by atoms with Crippen LogP contribution in [0.4, 0.5) is 0 Å². The molecular weight excluding hydrogens is 288 g/mol. The molecule has 0 radical (unpaired) electrons. The van der Waals surface area contributed by atoms with Gasteiger partial charge in [0.25, 0.3) is 0 Å². The van der Waals surface area contributed by atoms with Crippen LogP contribution in [0.3, 0.4) is 0 Å². The standard InChI is InChI=1S/C20H28O3/c1-19-8-6-13(21)10-12(19)4-5-14-15(19)7-9-20(2)16(14)11-17(22)18(20)23-3/h6,8,10,12,14-16,18,21H,4-5,7,9,11H2,1-3H3/t12-,14-,15+,16+,18?,19+,20+/m1/s1. The second kappa shape index (κ2) is 4.95. The molecule has 4 aliphatic carbocycles. The Hall–Kier alpha value is -1.09. The highest BCUT2D eigenvalue weighted by molar-refractivity contribution is 5.87. The van der Waals surface area contributed by atoms with Gasteiger partial charge in [-0.05, 0) is 66.9 Å². The number of allylic oxidation sites excluding steroid dienone is 3. The zero-order valence-corrected chi connectivity index (χ0v) is 14.4. The minimum atomic E-state index is -0.204. The molecule has 4 aliphatic rings. The molecule has 0 heterocycles. The molecule has 3 fully saturated rings. The van der Waals surface area contributed by atoms with E-state index in [1.54, 1.807) is 7.11 Å². The van der Waals surface area contributed by atoms with Crippen LogP contribution in [-0.4, -0.2) is 24.1 Å². The highest BCUT2D eigenvalue weighted by Crippen LogP contribution is 2.64. The number of Topliss-reactive ketones (excluding diaryl/α,β-unsaturated/α-hetero) is 1. The van der Waals surface area contributed by atoms with E-state index in [4.69, 9.17) is 4.74 Å². The lowest BCUT2D eigenvalue weighted by atomic mass is 9.47. The lowest BCUT2D eigenvalue weighted by Gasteiger charge is -2.57. The molecule has 0 spiro atoms. The molecule has 7 atom stereocenters. The maximum Gasteiger partial charge on any atom is 0.162 e. The van der Waals surface area contributed by atoms with Crippen LogP contribution in [0, 0.1) is 34.5 Å². The van der Waals surface area contributed by atoms with Crippen LogP contribution in [0.25, 0.3) is 0 Å². The van der Waals surface area contributed by atoms with Crippen LogP contribution in [0.2, 0.25) is 0 Å². The third-order valence-corrected chi connectivity index (χ3v) is 7.82. The Morgan fingerprint density at radius 3 is 2.74 bits per heavy atom. The first kappa shape index (κ1) is 15.4. The van der Waals surface area contributed by atoms with Crippen molar-refractivity contribution < 1.29 is 14.6 Å². The number of carbonyl (C=O) groups is 1. The molecule has 0 aromatic carbocycles. The highest BCUT2D eigenvalue weighted by atomic mass is 16.5. The Kier molecular flexibility index (Phi) is 3.32. The number of ether oxygens (including phenoxy) is 1. The average Bonchev–Trinajstić information content (AvgIpc) is 2.77. The number of methoxy groups -OCH3 is 1. The predicted molar refractivity (Wildman–Crippen MR) is 88.9 cm³/mol. The first-order valence-corrected chi connectivity index (χ1v) is 9.05. The molecule has 3 nitrogen and oxygen atoms in total. The van der Waals surface area contributed by atoms with E-state index in [2.05, 4.69) is 26.0 Å². The Morgan fingerprint density at radius 1 is 1.22 bits per heavy atom. The van der Waals surface area contributed by atoms with Crippen molar-refractivity contribution >= 4 is 5.78 Å². The number of fused-ring (bicyclic) bond motifs is 5. The van der Waals surface area contributed by atoms with E-state index in [1.165, 1.54) is 6.42 Å². The Balaban J connectivity index is 1.68. The minimum absolute atomic E-state index is 0.0204. The van der Waals surface area contributed by atoms with Gasteiger partial charge in [0.15, 0.2) is 5.78 Å². The maximum atomic E-state index is 12.5. The molecule has 4 rings (SSSR count). The Labute approximate surface area is 138 Å². The maximum absolute atomic E-state index is 12.5. The van der Waals surface area contributed by atoms with E-state index in [-0.39, 0.29) is 16.9 Å². The minimum Gasteiger partial charge on any atom is -0.508 e. The molecule has 3 heteroatoms. The number of aliphatic hydroxyl groups excluding tert-OH is 1. The van der Waals surface area contributed by atoms with Crippen molar-refractivity contribution in [3.05, 3.63) is 24.0 Å². The largest absolute Gasteiger partial charge is 0.508 e. The summed E-state index contributed by atoms with van der Waals surface area (Å²) in [5.41, 5.74) is 0.150. The molecule has 1 N–H and O–H groups in total. The van der Waals surface area contributed by atoms with Gasteiger partial charge in [-0.1, -0.05) is 19.9 Å². The lowest BCUT2D eigenvalue weighted by Crippen LogP contribution is -2.52. The van der Waals surface area contributed by atoms with Crippen LogP contribution >= 0.6 is 0 Å². The summed E-state index contributed by atoms with van der Waals surface area (Å²) in [5.74, 6) is 2.85. The van der Waals surface area contributed by atoms with Gasteiger partial charge in [0.1, 0.15) is 11.9 Å². The molecule has 0 aromatic rings. The first-order chi connectivity index (χ1) is 10.9. The van der Waals surface area contributed by atoms with Crippen LogP contribution in [0.1, 0.15) is 46.0 Å². The van der Waals surface area contributed by atoms with Gasteiger partial charge in [0.2, 0.25) is 0 Å². The van der Waals surface area contributed by atoms with Crippen molar-refractivity contribution in [2.24, 2.45) is 34.5 Å². The summed E-state index contributed by atoms with van der Waals surface area (Å²) in [6.07, 6.45) is 11.2. The number of hydrogen-bond donors (Lipinski definition) is 1. The molecule has 0 aromatic heterocycles. The smallest absolute Gasteiger partial charge is 0.162 e. The van der Waals surface area contributed by atoms with E-state index in [0.29, 0.717) is 41.6 Å². The van der Waals surface area contributed by atoms with Crippen molar-refractivity contribution in [2.75, 3.05) is 7.11 Å². The van der Waals surface area contributed by atoms with Gasteiger partial charge in [-0.25, -0.2) is 0 Å². The fourth-order valence-electron chi connectivity index (χ4n) is 6.61. The molecule has 23 heavy (non-hydrogen) atoms. The average molecular weight is 316 g/mol. The second-order valence-electron chi connectivity index (χ2n) is 8.68. The Bertz CT molecular complexity index is 592. The summed E-state index contributed by atoms with van der Waals surface area (Å²) in [5, 5.41) is 9.86. The zero-order valence-electron chi connectivity index (χ0n) is 14.4. The number of carbonyl (C=O) groups excluding carboxylic acids is 1. The van der Waals surface area contributed by atoms with E-state index < -0.39 is 0 Å². The summed E-state index contributed by atoms with van der Waals surface area (Å²) in [4.78, 5) is 12.5.